The maximum absolute atomic E-state index is 5.23. The first-order chi connectivity index (χ1) is 9.28. The second kappa shape index (κ2) is 7.25. The third kappa shape index (κ3) is 4.65. The van der Waals surface area contributed by atoms with Gasteiger partial charge in [-0.1, -0.05) is 5.16 Å². The Labute approximate surface area is 117 Å². The predicted octanol–water partition coefficient (Wildman–Crippen LogP) is 2.05. The molecule has 0 aliphatic rings. The Morgan fingerprint density at radius 2 is 2.11 bits per heavy atom. The van der Waals surface area contributed by atoms with E-state index >= 15 is 0 Å². The van der Waals surface area contributed by atoms with Crippen LogP contribution in [0, 0.1) is 0 Å². The highest BCUT2D eigenvalue weighted by molar-refractivity contribution is 7.97. The SMILES string of the molecule is CNC(C)Cc1noc(CSCc2ccncc2)n1. The average Bonchev–Trinajstić information content (AvgIpc) is 2.87. The Balaban J connectivity index is 1.77. The highest BCUT2D eigenvalue weighted by atomic mass is 32.2. The van der Waals surface area contributed by atoms with Crippen LogP contribution in [0.2, 0.25) is 0 Å². The van der Waals surface area contributed by atoms with Gasteiger partial charge in [0.15, 0.2) is 5.82 Å². The summed E-state index contributed by atoms with van der Waals surface area (Å²) in [7, 11) is 1.93. The molecular formula is C13H18N4OS. The van der Waals surface area contributed by atoms with Crippen LogP contribution in [0.3, 0.4) is 0 Å². The Morgan fingerprint density at radius 3 is 2.84 bits per heavy atom. The lowest BCUT2D eigenvalue weighted by molar-refractivity contribution is 0.382. The van der Waals surface area contributed by atoms with Crippen molar-refractivity contribution in [3.05, 3.63) is 41.8 Å². The molecule has 1 N–H and O–H groups in total. The Hall–Kier alpha value is -1.40. The molecule has 2 heterocycles. The lowest BCUT2D eigenvalue weighted by Gasteiger charge is -2.04. The summed E-state index contributed by atoms with van der Waals surface area (Å²) < 4.78 is 5.23. The smallest absolute Gasteiger partial charge is 0.236 e. The number of thioether (sulfide) groups is 1. The van der Waals surface area contributed by atoms with Gasteiger partial charge in [-0.2, -0.15) is 4.98 Å². The summed E-state index contributed by atoms with van der Waals surface area (Å²) in [5.41, 5.74) is 1.25. The van der Waals surface area contributed by atoms with Gasteiger partial charge in [-0.05, 0) is 31.7 Å². The van der Waals surface area contributed by atoms with Gasteiger partial charge in [-0.25, -0.2) is 0 Å². The molecule has 6 heteroatoms. The van der Waals surface area contributed by atoms with Crippen LogP contribution < -0.4 is 5.32 Å². The first kappa shape index (κ1) is 14.0. The van der Waals surface area contributed by atoms with Gasteiger partial charge in [-0.15, -0.1) is 11.8 Å². The Bertz CT molecular complexity index is 488. The second-order valence-corrected chi connectivity index (χ2v) is 5.33. The zero-order valence-corrected chi connectivity index (χ0v) is 12.0. The molecule has 1 atom stereocenters. The molecule has 1 unspecified atom stereocenters. The minimum absolute atomic E-state index is 0.356. The van der Waals surface area contributed by atoms with E-state index in [9.17, 15) is 0 Å². The van der Waals surface area contributed by atoms with Gasteiger partial charge in [0.1, 0.15) is 0 Å². The standard InChI is InChI=1S/C13H18N4OS/c1-10(14-2)7-12-16-13(18-17-12)9-19-8-11-3-5-15-6-4-11/h3-6,10,14H,7-9H2,1-2H3. The fourth-order valence-electron chi connectivity index (χ4n) is 1.54. The fraction of sp³-hybridized carbons (Fsp3) is 0.462. The van der Waals surface area contributed by atoms with Gasteiger partial charge in [0.2, 0.25) is 5.89 Å². The van der Waals surface area contributed by atoms with Crippen molar-refractivity contribution in [3.8, 4) is 0 Å². The summed E-state index contributed by atoms with van der Waals surface area (Å²) in [6, 6.07) is 4.39. The molecule has 102 valence electrons. The van der Waals surface area contributed by atoms with Crippen LogP contribution in [0.1, 0.15) is 24.2 Å². The van der Waals surface area contributed by atoms with E-state index in [-0.39, 0.29) is 0 Å². The average molecular weight is 278 g/mol. The molecule has 2 aromatic heterocycles. The molecule has 5 nitrogen and oxygen atoms in total. The highest BCUT2D eigenvalue weighted by Gasteiger charge is 2.09. The van der Waals surface area contributed by atoms with E-state index in [0.29, 0.717) is 11.9 Å². The summed E-state index contributed by atoms with van der Waals surface area (Å²) in [6.07, 6.45) is 4.40. The van der Waals surface area contributed by atoms with Crippen LogP contribution in [0.15, 0.2) is 29.0 Å². The number of hydrogen-bond donors (Lipinski definition) is 1. The number of likely N-dealkylation sites (N-methyl/N-ethyl adjacent to an activating group) is 1. The van der Waals surface area contributed by atoms with Crippen LogP contribution in [0.5, 0.6) is 0 Å². The van der Waals surface area contributed by atoms with Crippen molar-refractivity contribution < 1.29 is 4.52 Å². The minimum Gasteiger partial charge on any atom is -0.338 e. The molecule has 0 amide bonds. The number of nitrogens with zero attached hydrogens (tertiary/aromatic N) is 3. The molecule has 0 bridgehead atoms. The van der Waals surface area contributed by atoms with Crippen LogP contribution in [0.4, 0.5) is 0 Å². The van der Waals surface area contributed by atoms with Gasteiger partial charge < -0.3 is 9.84 Å². The van der Waals surface area contributed by atoms with Gasteiger partial charge in [0, 0.05) is 30.6 Å². The topological polar surface area (TPSA) is 63.8 Å². The zero-order chi connectivity index (χ0) is 13.5. The second-order valence-electron chi connectivity index (χ2n) is 4.35. The highest BCUT2D eigenvalue weighted by Crippen LogP contribution is 2.16. The third-order valence-corrected chi connectivity index (χ3v) is 3.72. The quantitative estimate of drug-likeness (QED) is 0.836. The molecule has 0 aromatic carbocycles. The lowest BCUT2D eigenvalue weighted by Crippen LogP contribution is -2.24. The van der Waals surface area contributed by atoms with Gasteiger partial charge >= 0.3 is 0 Å². The fourth-order valence-corrected chi connectivity index (χ4v) is 2.36. The van der Waals surface area contributed by atoms with E-state index in [1.807, 2.05) is 19.2 Å². The Morgan fingerprint density at radius 1 is 1.32 bits per heavy atom. The number of aromatic nitrogens is 3. The maximum Gasteiger partial charge on any atom is 0.236 e. The molecule has 2 rings (SSSR count). The van der Waals surface area contributed by atoms with Crippen molar-refractivity contribution in [1.29, 1.82) is 0 Å². The van der Waals surface area contributed by atoms with Crippen LogP contribution >= 0.6 is 11.8 Å². The molecule has 0 spiro atoms. The third-order valence-electron chi connectivity index (χ3n) is 2.74. The van der Waals surface area contributed by atoms with Gasteiger partial charge in [0.05, 0.1) is 5.75 Å². The Kier molecular flexibility index (Phi) is 5.35. The van der Waals surface area contributed by atoms with Crippen molar-refractivity contribution in [1.82, 2.24) is 20.4 Å². The number of rotatable bonds is 7. The van der Waals surface area contributed by atoms with Crippen molar-refractivity contribution in [2.24, 2.45) is 0 Å². The molecule has 0 aliphatic heterocycles. The molecule has 19 heavy (non-hydrogen) atoms. The first-order valence-electron chi connectivity index (χ1n) is 6.23. The van der Waals surface area contributed by atoms with E-state index in [1.165, 1.54) is 5.56 Å². The maximum atomic E-state index is 5.23. The number of hydrogen-bond acceptors (Lipinski definition) is 6. The predicted molar refractivity (Wildman–Crippen MR) is 75.8 cm³/mol. The molecule has 0 saturated carbocycles. The summed E-state index contributed by atoms with van der Waals surface area (Å²) >= 11 is 1.76. The van der Waals surface area contributed by atoms with Crippen molar-refractivity contribution in [2.75, 3.05) is 7.05 Å². The summed E-state index contributed by atoms with van der Waals surface area (Å²) in [5.74, 6) is 3.12. The number of pyridine rings is 1. The summed E-state index contributed by atoms with van der Waals surface area (Å²) in [5, 5.41) is 7.13. The van der Waals surface area contributed by atoms with Crippen LogP contribution in [-0.4, -0.2) is 28.2 Å². The minimum atomic E-state index is 0.356. The molecular weight excluding hydrogens is 260 g/mol. The largest absolute Gasteiger partial charge is 0.338 e. The zero-order valence-electron chi connectivity index (χ0n) is 11.2. The lowest BCUT2D eigenvalue weighted by atomic mass is 10.2. The van der Waals surface area contributed by atoms with E-state index in [1.54, 1.807) is 24.2 Å². The monoisotopic (exact) mass is 278 g/mol. The molecule has 2 aromatic rings. The first-order valence-corrected chi connectivity index (χ1v) is 7.38. The molecule has 0 fully saturated rings. The van der Waals surface area contributed by atoms with E-state index in [2.05, 4.69) is 27.4 Å². The van der Waals surface area contributed by atoms with Gasteiger partial charge in [0.25, 0.3) is 0 Å². The van der Waals surface area contributed by atoms with E-state index in [4.69, 9.17) is 4.52 Å². The summed E-state index contributed by atoms with van der Waals surface area (Å²) in [4.78, 5) is 8.37. The normalized spacial score (nSPS) is 12.5. The summed E-state index contributed by atoms with van der Waals surface area (Å²) in [6.45, 7) is 2.09. The molecule has 0 saturated heterocycles. The van der Waals surface area contributed by atoms with Crippen molar-refractivity contribution in [3.63, 3.8) is 0 Å². The van der Waals surface area contributed by atoms with E-state index < -0.39 is 0 Å². The van der Waals surface area contributed by atoms with E-state index in [0.717, 1.165) is 23.8 Å². The van der Waals surface area contributed by atoms with Crippen molar-refractivity contribution >= 4 is 11.8 Å². The molecule has 0 aliphatic carbocycles. The van der Waals surface area contributed by atoms with Gasteiger partial charge in [-0.3, -0.25) is 4.98 Å². The van der Waals surface area contributed by atoms with Crippen LogP contribution in [-0.2, 0) is 17.9 Å². The molecule has 0 radical (unpaired) electrons. The number of nitrogens with one attached hydrogen (secondary N) is 1. The van der Waals surface area contributed by atoms with Crippen molar-refractivity contribution in [2.45, 2.75) is 30.9 Å². The van der Waals surface area contributed by atoms with Crippen LogP contribution in [0.25, 0.3) is 0 Å².